The van der Waals surface area contributed by atoms with Gasteiger partial charge in [-0.1, -0.05) is 26.0 Å². The molecule has 0 unspecified atom stereocenters. The number of nitrogens with zero attached hydrogens (tertiary/aromatic N) is 1. The molecule has 1 aliphatic rings. The van der Waals surface area contributed by atoms with Crippen LogP contribution >= 0.6 is 0 Å². The molecule has 1 aromatic carbocycles. The van der Waals surface area contributed by atoms with Crippen molar-refractivity contribution in [2.45, 2.75) is 53.1 Å². The van der Waals surface area contributed by atoms with Gasteiger partial charge in [0.2, 0.25) is 0 Å². The lowest BCUT2D eigenvalue weighted by Gasteiger charge is -2.20. The van der Waals surface area contributed by atoms with Crippen molar-refractivity contribution in [3.05, 3.63) is 28.8 Å². The van der Waals surface area contributed by atoms with E-state index >= 15 is 0 Å². The average molecular weight is 290 g/mol. The third kappa shape index (κ3) is 5.01. The smallest absolute Gasteiger partial charge is 0.125 e. The summed E-state index contributed by atoms with van der Waals surface area (Å²) in [7, 11) is 0. The Kier molecular flexibility index (Phi) is 6.07. The van der Waals surface area contributed by atoms with Gasteiger partial charge < -0.3 is 15.0 Å². The van der Waals surface area contributed by atoms with Crippen LogP contribution in [0.3, 0.4) is 0 Å². The van der Waals surface area contributed by atoms with Crippen LogP contribution < -0.4 is 10.1 Å². The predicted octanol–water partition coefficient (Wildman–Crippen LogP) is 3.28. The van der Waals surface area contributed by atoms with Crippen LogP contribution in [0.15, 0.2) is 12.1 Å². The van der Waals surface area contributed by atoms with Crippen LogP contribution in [0.4, 0.5) is 0 Å². The van der Waals surface area contributed by atoms with Gasteiger partial charge in [-0.3, -0.25) is 0 Å². The Balaban J connectivity index is 1.89. The molecule has 1 saturated carbocycles. The zero-order valence-electron chi connectivity index (χ0n) is 14.0. The molecule has 1 fully saturated rings. The van der Waals surface area contributed by atoms with E-state index in [1.165, 1.54) is 29.5 Å². The fourth-order valence-electron chi connectivity index (χ4n) is 2.74. The van der Waals surface area contributed by atoms with Crippen molar-refractivity contribution in [3.63, 3.8) is 0 Å². The summed E-state index contributed by atoms with van der Waals surface area (Å²) in [5.74, 6) is 1.07. The summed E-state index contributed by atoms with van der Waals surface area (Å²) in [5.41, 5.74) is 3.87. The highest BCUT2D eigenvalue weighted by atomic mass is 16.5. The van der Waals surface area contributed by atoms with E-state index in [-0.39, 0.29) is 0 Å². The normalized spacial score (nSPS) is 14.7. The Morgan fingerprint density at radius 2 is 1.76 bits per heavy atom. The number of hydrogen-bond acceptors (Lipinski definition) is 3. The molecule has 0 amide bonds. The quantitative estimate of drug-likeness (QED) is 0.755. The molecule has 0 spiro atoms. The molecule has 2 rings (SSSR count). The lowest BCUT2D eigenvalue weighted by Crippen LogP contribution is -2.28. The van der Waals surface area contributed by atoms with Crippen molar-refractivity contribution >= 4 is 0 Å². The van der Waals surface area contributed by atoms with Crippen LogP contribution in [0.1, 0.15) is 43.4 Å². The molecule has 118 valence electrons. The van der Waals surface area contributed by atoms with E-state index in [4.69, 9.17) is 4.74 Å². The van der Waals surface area contributed by atoms with Crippen LogP contribution in [-0.2, 0) is 6.54 Å². The number of ether oxygens (including phenoxy) is 1. The van der Waals surface area contributed by atoms with E-state index in [0.717, 1.165) is 44.6 Å². The van der Waals surface area contributed by atoms with Gasteiger partial charge in [0.05, 0.1) is 0 Å². The second-order valence-electron chi connectivity index (χ2n) is 6.09. The molecule has 21 heavy (non-hydrogen) atoms. The second kappa shape index (κ2) is 7.81. The fourth-order valence-corrected chi connectivity index (χ4v) is 2.74. The summed E-state index contributed by atoms with van der Waals surface area (Å²) < 4.78 is 6.03. The van der Waals surface area contributed by atoms with Gasteiger partial charge in [0, 0.05) is 19.1 Å². The van der Waals surface area contributed by atoms with Crippen molar-refractivity contribution in [1.82, 2.24) is 10.2 Å². The standard InChI is InChI=1S/C18H30N2O/c1-5-20(6-2)9-10-21-18-14(3)11-16(12-15(18)4)13-19-17-7-8-17/h11-12,17,19H,5-10,13H2,1-4H3. The first-order valence-corrected chi connectivity index (χ1v) is 8.32. The number of benzene rings is 1. The summed E-state index contributed by atoms with van der Waals surface area (Å²) in [6.45, 7) is 13.6. The van der Waals surface area contributed by atoms with E-state index in [9.17, 15) is 0 Å². The highest BCUT2D eigenvalue weighted by molar-refractivity contribution is 5.43. The Labute approximate surface area is 129 Å². The molecule has 3 nitrogen and oxygen atoms in total. The van der Waals surface area contributed by atoms with Crippen LogP contribution in [0.25, 0.3) is 0 Å². The lowest BCUT2D eigenvalue weighted by atomic mass is 10.1. The highest BCUT2D eigenvalue weighted by Gasteiger charge is 2.20. The number of likely N-dealkylation sites (N-methyl/N-ethyl adjacent to an activating group) is 1. The summed E-state index contributed by atoms with van der Waals surface area (Å²) >= 11 is 0. The fraction of sp³-hybridized carbons (Fsp3) is 0.667. The zero-order valence-corrected chi connectivity index (χ0v) is 14.0. The third-order valence-electron chi connectivity index (χ3n) is 4.24. The van der Waals surface area contributed by atoms with E-state index in [0.29, 0.717) is 0 Å². The largest absolute Gasteiger partial charge is 0.492 e. The molecule has 1 N–H and O–H groups in total. The second-order valence-corrected chi connectivity index (χ2v) is 6.09. The first-order chi connectivity index (χ1) is 10.1. The van der Waals surface area contributed by atoms with E-state index < -0.39 is 0 Å². The molecule has 0 atom stereocenters. The van der Waals surface area contributed by atoms with Gasteiger partial charge in [-0.05, 0) is 56.5 Å². The van der Waals surface area contributed by atoms with Gasteiger partial charge in [-0.25, -0.2) is 0 Å². The SMILES string of the molecule is CCN(CC)CCOc1c(C)cc(CNC2CC2)cc1C. The minimum absolute atomic E-state index is 0.760. The van der Waals surface area contributed by atoms with Gasteiger partial charge in [-0.15, -0.1) is 0 Å². The summed E-state index contributed by atoms with van der Waals surface area (Å²) in [6, 6.07) is 5.28. The maximum absolute atomic E-state index is 6.03. The number of nitrogens with one attached hydrogen (secondary N) is 1. The van der Waals surface area contributed by atoms with Crippen LogP contribution in [-0.4, -0.2) is 37.2 Å². The van der Waals surface area contributed by atoms with Crippen molar-refractivity contribution in [3.8, 4) is 5.75 Å². The molecule has 0 aliphatic heterocycles. The summed E-state index contributed by atoms with van der Waals surface area (Å²) in [5, 5.41) is 3.57. The molecule has 0 radical (unpaired) electrons. The van der Waals surface area contributed by atoms with Gasteiger partial charge in [0.25, 0.3) is 0 Å². The first-order valence-electron chi connectivity index (χ1n) is 8.32. The Bertz CT molecular complexity index is 428. The molecule has 1 aliphatic carbocycles. The highest BCUT2D eigenvalue weighted by Crippen LogP contribution is 2.26. The van der Waals surface area contributed by atoms with E-state index in [1.807, 2.05) is 0 Å². The summed E-state index contributed by atoms with van der Waals surface area (Å²) in [6.07, 6.45) is 2.68. The molecule has 0 aromatic heterocycles. The third-order valence-corrected chi connectivity index (χ3v) is 4.24. The number of rotatable bonds is 9. The van der Waals surface area contributed by atoms with Crippen LogP contribution in [0, 0.1) is 13.8 Å². The van der Waals surface area contributed by atoms with Gasteiger partial charge in [-0.2, -0.15) is 0 Å². The van der Waals surface area contributed by atoms with Crippen molar-refractivity contribution in [2.24, 2.45) is 0 Å². The van der Waals surface area contributed by atoms with Crippen molar-refractivity contribution < 1.29 is 4.74 Å². The number of aryl methyl sites for hydroxylation is 2. The minimum Gasteiger partial charge on any atom is -0.492 e. The van der Waals surface area contributed by atoms with Crippen LogP contribution in [0.5, 0.6) is 5.75 Å². The summed E-state index contributed by atoms with van der Waals surface area (Å²) in [4.78, 5) is 2.39. The predicted molar refractivity (Wildman–Crippen MR) is 89.1 cm³/mol. The molecule has 0 saturated heterocycles. The lowest BCUT2D eigenvalue weighted by molar-refractivity contribution is 0.221. The Morgan fingerprint density at radius 1 is 1.14 bits per heavy atom. The molecule has 3 heteroatoms. The topological polar surface area (TPSA) is 24.5 Å². The van der Waals surface area contributed by atoms with E-state index in [2.05, 4.69) is 50.0 Å². The van der Waals surface area contributed by atoms with Gasteiger partial charge >= 0.3 is 0 Å². The van der Waals surface area contributed by atoms with Crippen LogP contribution in [0.2, 0.25) is 0 Å². The van der Waals surface area contributed by atoms with Crippen molar-refractivity contribution in [2.75, 3.05) is 26.2 Å². The first kappa shape index (κ1) is 16.3. The zero-order chi connectivity index (χ0) is 15.2. The molecular formula is C18H30N2O. The van der Waals surface area contributed by atoms with Gasteiger partial charge in [0.15, 0.2) is 0 Å². The molecular weight excluding hydrogens is 260 g/mol. The molecule has 0 heterocycles. The van der Waals surface area contributed by atoms with Gasteiger partial charge in [0.1, 0.15) is 12.4 Å². The monoisotopic (exact) mass is 290 g/mol. The maximum atomic E-state index is 6.03. The Hall–Kier alpha value is -1.06. The molecule has 0 bridgehead atoms. The minimum atomic E-state index is 0.760. The van der Waals surface area contributed by atoms with E-state index in [1.54, 1.807) is 0 Å². The Morgan fingerprint density at radius 3 is 2.29 bits per heavy atom. The maximum Gasteiger partial charge on any atom is 0.125 e. The average Bonchev–Trinajstić information content (AvgIpc) is 3.28. The molecule has 1 aromatic rings. The number of hydrogen-bond donors (Lipinski definition) is 1. The van der Waals surface area contributed by atoms with Crippen molar-refractivity contribution in [1.29, 1.82) is 0 Å².